The van der Waals surface area contributed by atoms with Gasteiger partial charge in [-0.2, -0.15) is 4.90 Å². The Morgan fingerprint density at radius 1 is 0.947 bits per heavy atom. The van der Waals surface area contributed by atoms with Crippen LogP contribution in [0.15, 0.2) is 53.4 Å². The van der Waals surface area contributed by atoms with Crippen molar-refractivity contribution in [2.45, 2.75) is 4.90 Å². The van der Waals surface area contributed by atoms with E-state index in [-0.39, 0.29) is 42.6 Å². The summed E-state index contributed by atoms with van der Waals surface area (Å²) in [5.41, 5.74) is 0.609. The number of hydrogen-bond donors (Lipinski definition) is 0. The smallest absolute Gasteiger partial charge is 0.338 e. The molecule has 0 aromatic heterocycles. The van der Waals surface area contributed by atoms with Crippen LogP contribution in [-0.2, 0) is 10.0 Å². The van der Waals surface area contributed by atoms with Crippen molar-refractivity contribution in [3.8, 4) is 0 Å². The van der Waals surface area contributed by atoms with Gasteiger partial charge < -0.3 is 12.1 Å². The van der Waals surface area contributed by atoms with Gasteiger partial charge in [-0.15, -0.1) is 0 Å². The molecule has 0 aliphatic rings. The molecule has 0 aliphatic carbocycles. The van der Waals surface area contributed by atoms with Crippen LogP contribution in [0.4, 0.5) is 5.69 Å². The van der Waals surface area contributed by atoms with Crippen molar-refractivity contribution >= 4 is 15.7 Å². The van der Waals surface area contributed by atoms with E-state index in [9.17, 15) is 8.42 Å². The van der Waals surface area contributed by atoms with Crippen LogP contribution in [0, 0.1) is 12.1 Å². The Kier molecular flexibility index (Phi) is 7.59. The predicted molar refractivity (Wildman–Crippen MR) is 66.1 cm³/mol. The molecule has 2 aromatic rings. The zero-order valence-corrected chi connectivity index (χ0v) is 12.1. The van der Waals surface area contributed by atoms with Gasteiger partial charge in [0.25, 0.3) is 0 Å². The minimum absolute atomic E-state index is 0. The zero-order chi connectivity index (χ0) is 12.3. The summed E-state index contributed by atoms with van der Waals surface area (Å²) in [7, 11) is -2.06. The summed E-state index contributed by atoms with van der Waals surface area (Å²) in [6, 6.07) is 19.0. The van der Waals surface area contributed by atoms with Gasteiger partial charge in [-0.3, -0.25) is 22.5 Å². The van der Waals surface area contributed by atoms with E-state index in [4.69, 9.17) is 0 Å². The van der Waals surface area contributed by atoms with Gasteiger partial charge in [0.05, 0.1) is 5.69 Å². The molecule has 0 saturated carbocycles. The van der Waals surface area contributed by atoms with Crippen LogP contribution in [0.3, 0.4) is 0 Å². The van der Waals surface area contributed by atoms with Crippen LogP contribution < -0.4 is 42.0 Å². The van der Waals surface area contributed by atoms with Gasteiger partial charge in [-0.1, -0.05) is 18.2 Å². The molecule has 88 valence electrons. The third-order valence-electron chi connectivity index (χ3n) is 2.36. The third kappa shape index (κ3) is 4.18. The largest absolute Gasteiger partial charge is 1.00 e. The Morgan fingerprint density at radius 3 is 2.00 bits per heavy atom. The van der Waals surface area contributed by atoms with E-state index >= 15 is 0 Å². The van der Waals surface area contributed by atoms with Crippen molar-refractivity contribution in [3.63, 3.8) is 0 Å². The number of sulfonamides is 1. The predicted octanol–water partition coefficient (Wildman–Crippen LogP) is -3.88. The van der Waals surface area contributed by atoms with Gasteiger partial charge in [0.15, 0.2) is 0 Å². The molecule has 2 aromatic carbocycles. The van der Waals surface area contributed by atoms with Crippen LogP contribution in [0.25, 0.3) is 0 Å². The average molecular weight is 259 g/mol. The zero-order valence-electron chi connectivity index (χ0n) is 11.3. The first-order chi connectivity index (χ1) is 8.12. The molecule has 2 rings (SSSR count). The normalized spacial score (nSPS) is 9.95. The third-order valence-corrected chi connectivity index (χ3v) is 4.04. The minimum Gasteiger partial charge on any atom is -0.338 e. The maximum atomic E-state index is 12.2. The molecule has 0 atom stereocenters. The number of para-hydroxylation sites is 1. The summed E-state index contributed by atoms with van der Waals surface area (Å²) in [5.74, 6) is 0. The minimum atomic E-state index is -3.57. The fourth-order valence-electron chi connectivity index (χ4n) is 1.40. The molecular formula is C13H11Li2NO2S. The van der Waals surface area contributed by atoms with Gasteiger partial charge in [0, 0.05) is 7.05 Å². The molecule has 0 radical (unpaired) electrons. The molecule has 0 heterocycles. The summed E-state index contributed by atoms with van der Waals surface area (Å²) in [6.07, 6.45) is 0. The number of nitrogens with zero attached hydrogens (tertiary/aromatic N) is 1. The summed E-state index contributed by atoms with van der Waals surface area (Å²) in [4.78, 5) is 0.0475. The first-order valence-electron chi connectivity index (χ1n) is 5.05. The van der Waals surface area contributed by atoms with Crippen molar-refractivity contribution in [3.05, 3.63) is 60.7 Å². The molecule has 0 saturated heterocycles. The van der Waals surface area contributed by atoms with Gasteiger partial charge in [-0.25, -0.2) is 8.42 Å². The molecule has 0 fully saturated rings. The van der Waals surface area contributed by atoms with Crippen LogP contribution in [0.5, 0.6) is 0 Å². The van der Waals surface area contributed by atoms with E-state index in [1.165, 1.54) is 11.4 Å². The second-order valence-electron chi connectivity index (χ2n) is 3.45. The molecule has 0 aliphatic heterocycles. The van der Waals surface area contributed by atoms with Gasteiger partial charge in [0.2, 0.25) is 10.0 Å². The van der Waals surface area contributed by atoms with Crippen molar-refractivity contribution in [1.29, 1.82) is 0 Å². The molecule has 6 heteroatoms. The molecule has 3 nitrogen and oxygen atoms in total. The summed E-state index contributed by atoms with van der Waals surface area (Å²) < 4.78 is 25.6. The van der Waals surface area contributed by atoms with Crippen molar-refractivity contribution < 1.29 is 46.1 Å². The van der Waals surface area contributed by atoms with E-state index in [0.717, 1.165) is 0 Å². The second-order valence-corrected chi connectivity index (χ2v) is 5.36. The molecule has 0 N–H and O–H groups in total. The number of rotatable bonds is 3. The molecule has 0 bridgehead atoms. The molecular weight excluding hydrogens is 248 g/mol. The Balaban J connectivity index is 0.00000162. The first kappa shape index (κ1) is 18.4. The Hall–Kier alpha value is -0.615. The van der Waals surface area contributed by atoms with E-state index in [2.05, 4.69) is 12.1 Å². The van der Waals surface area contributed by atoms with Crippen molar-refractivity contribution in [1.82, 2.24) is 0 Å². The van der Waals surface area contributed by atoms with Gasteiger partial charge in [0.1, 0.15) is 0 Å². The second kappa shape index (κ2) is 7.85. The maximum absolute atomic E-state index is 12.2. The van der Waals surface area contributed by atoms with Crippen LogP contribution in [0.2, 0.25) is 0 Å². The van der Waals surface area contributed by atoms with Crippen molar-refractivity contribution in [2.75, 3.05) is 11.4 Å². The Bertz CT molecular complexity index is 589. The molecule has 0 amide bonds. The van der Waals surface area contributed by atoms with Crippen LogP contribution in [0.1, 0.15) is 0 Å². The SMILES string of the molecule is CN(c1ccccc1)S(=O)(=O)c1[c-]ccc[c-]1.[Li+].[Li+]. The summed E-state index contributed by atoms with van der Waals surface area (Å²) >= 11 is 0. The van der Waals surface area contributed by atoms with E-state index in [1.807, 2.05) is 6.07 Å². The first-order valence-corrected chi connectivity index (χ1v) is 6.49. The maximum Gasteiger partial charge on any atom is 1.00 e. The molecule has 0 unspecified atom stereocenters. The van der Waals surface area contributed by atoms with Crippen molar-refractivity contribution in [2.24, 2.45) is 0 Å². The van der Waals surface area contributed by atoms with E-state index in [1.54, 1.807) is 42.5 Å². The standard InChI is InChI=1S/C13H11NO2S.2Li/c1-14(12-8-4-2-5-9-12)17(15,16)13-10-6-3-7-11-13;;/h2-9H,1H3;;/q-2;2*+1. The quantitative estimate of drug-likeness (QED) is 0.418. The number of anilines is 1. The fraction of sp³-hybridized carbons (Fsp3) is 0.0769. The van der Waals surface area contributed by atoms with Gasteiger partial charge in [-0.05, 0) is 12.1 Å². The average Bonchev–Trinajstić information content (AvgIpc) is 2.40. The molecule has 19 heavy (non-hydrogen) atoms. The Labute approximate surface area is 138 Å². The van der Waals surface area contributed by atoms with Crippen LogP contribution in [-0.4, -0.2) is 15.5 Å². The van der Waals surface area contributed by atoms with E-state index in [0.29, 0.717) is 5.69 Å². The van der Waals surface area contributed by atoms with Gasteiger partial charge >= 0.3 is 37.7 Å². The number of hydrogen-bond acceptors (Lipinski definition) is 2. The summed E-state index contributed by atoms with van der Waals surface area (Å²) in [6.45, 7) is 0. The Morgan fingerprint density at radius 2 is 1.47 bits per heavy atom. The monoisotopic (exact) mass is 259 g/mol. The molecule has 0 spiro atoms. The number of benzene rings is 2. The van der Waals surface area contributed by atoms with Crippen LogP contribution >= 0.6 is 0 Å². The summed E-state index contributed by atoms with van der Waals surface area (Å²) in [5, 5.41) is 0. The van der Waals surface area contributed by atoms with E-state index < -0.39 is 10.0 Å². The topological polar surface area (TPSA) is 37.4 Å². The fourth-order valence-corrected chi connectivity index (χ4v) is 2.51.